The van der Waals surface area contributed by atoms with Gasteiger partial charge in [0, 0.05) is 12.1 Å². The number of carbonyl (C=O) groups is 2. The maximum absolute atomic E-state index is 12.6. The van der Waals surface area contributed by atoms with E-state index in [1.54, 1.807) is 12.1 Å². The summed E-state index contributed by atoms with van der Waals surface area (Å²) >= 11 is 0. The summed E-state index contributed by atoms with van der Waals surface area (Å²) in [5.74, 6) is -0.101. The monoisotopic (exact) mass is 330 g/mol. The standard InChI is InChI=1S/C19H26N2O3/c1-13(2)17(20-18(22)15-6-4-3-5-7-15)19(23)24-16-12-21-10-8-14(16)9-11-21/h3-7,13-14,16-17H,8-12H2,1-2H3,(H,20,22). The Kier molecular flexibility index (Phi) is 5.19. The Morgan fingerprint density at radius 3 is 2.38 bits per heavy atom. The van der Waals surface area contributed by atoms with Crippen molar-refractivity contribution in [2.24, 2.45) is 11.8 Å². The highest BCUT2D eigenvalue weighted by molar-refractivity contribution is 5.96. The van der Waals surface area contributed by atoms with Gasteiger partial charge in [-0.3, -0.25) is 9.69 Å². The lowest BCUT2D eigenvalue weighted by Gasteiger charge is -2.44. The van der Waals surface area contributed by atoms with Gasteiger partial charge in [-0.2, -0.15) is 0 Å². The van der Waals surface area contributed by atoms with Crippen molar-refractivity contribution in [3.05, 3.63) is 35.9 Å². The first kappa shape index (κ1) is 17.0. The fourth-order valence-corrected chi connectivity index (χ4v) is 3.58. The summed E-state index contributed by atoms with van der Waals surface area (Å²) in [6, 6.07) is 8.35. The lowest BCUT2D eigenvalue weighted by atomic mass is 9.86. The van der Waals surface area contributed by atoms with Crippen LogP contribution in [0.3, 0.4) is 0 Å². The second kappa shape index (κ2) is 7.34. The molecule has 3 aliphatic heterocycles. The minimum absolute atomic E-state index is 0.0220. The summed E-state index contributed by atoms with van der Waals surface area (Å²) in [6.07, 6.45) is 2.16. The molecule has 0 radical (unpaired) electrons. The summed E-state index contributed by atoms with van der Waals surface area (Å²) in [6.45, 7) is 6.89. The van der Waals surface area contributed by atoms with Gasteiger partial charge in [-0.05, 0) is 49.9 Å². The first-order valence-corrected chi connectivity index (χ1v) is 8.83. The molecule has 5 nitrogen and oxygen atoms in total. The van der Waals surface area contributed by atoms with Crippen LogP contribution in [0.4, 0.5) is 0 Å². The molecule has 24 heavy (non-hydrogen) atoms. The molecule has 3 aliphatic rings. The fourth-order valence-electron chi connectivity index (χ4n) is 3.58. The van der Waals surface area contributed by atoms with Crippen LogP contribution in [0, 0.1) is 11.8 Å². The number of benzene rings is 1. The third-order valence-corrected chi connectivity index (χ3v) is 5.11. The van der Waals surface area contributed by atoms with Crippen molar-refractivity contribution in [1.82, 2.24) is 10.2 Å². The molecule has 0 spiro atoms. The van der Waals surface area contributed by atoms with Gasteiger partial charge in [-0.25, -0.2) is 4.79 Å². The molecule has 130 valence electrons. The smallest absolute Gasteiger partial charge is 0.329 e. The first-order valence-electron chi connectivity index (χ1n) is 8.83. The zero-order valence-electron chi connectivity index (χ0n) is 14.4. The van der Waals surface area contributed by atoms with Crippen molar-refractivity contribution in [2.75, 3.05) is 19.6 Å². The SMILES string of the molecule is CC(C)C(NC(=O)c1ccccc1)C(=O)OC1CN2CCC1CC2. The van der Waals surface area contributed by atoms with Gasteiger partial charge < -0.3 is 10.1 Å². The van der Waals surface area contributed by atoms with Crippen LogP contribution in [0.15, 0.2) is 30.3 Å². The van der Waals surface area contributed by atoms with Gasteiger partial charge in [0.1, 0.15) is 12.1 Å². The van der Waals surface area contributed by atoms with Crippen molar-refractivity contribution < 1.29 is 14.3 Å². The highest BCUT2D eigenvalue weighted by atomic mass is 16.5. The van der Waals surface area contributed by atoms with Crippen molar-refractivity contribution in [1.29, 1.82) is 0 Å². The van der Waals surface area contributed by atoms with E-state index in [9.17, 15) is 9.59 Å². The number of nitrogens with one attached hydrogen (secondary N) is 1. The van der Waals surface area contributed by atoms with E-state index in [1.807, 2.05) is 32.0 Å². The number of esters is 1. The minimum Gasteiger partial charge on any atom is -0.459 e. The normalized spacial score (nSPS) is 26.9. The number of amides is 1. The number of ether oxygens (including phenoxy) is 1. The summed E-state index contributed by atoms with van der Waals surface area (Å²) in [5, 5.41) is 2.84. The van der Waals surface area contributed by atoms with Crippen molar-refractivity contribution in [2.45, 2.75) is 38.8 Å². The summed E-state index contributed by atoms with van der Waals surface area (Å²) in [4.78, 5) is 27.3. The molecule has 1 aromatic carbocycles. The quantitative estimate of drug-likeness (QED) is 0.840. The second-order valence-corrected chi connectivity index (χ2v) is 7.17. The van der Waals surface area contributed by atoms with E-state index in [0.717, 1.165) is 32.5 Å². The molecule has 2 unspecified atom stereocenters. The Balaban J connectivity index is 1.62. The van der Waals surface area contributed by atoms with Crippen LogP contribution >= 0.6 is 0 Å². The number of rotatable bonds is 5. The number of piperidine rings is 3. The molecule has 3 heterocycles. The van der Waals surface area contributed by atoms with Crippen LogP contribution in [0.2, 0.25) is 0 Å². The molecule has 0 aromatic heterocycles. The van der Waals surface area contributed by atoms with Gasteiger partial charge in [0.15, 0.2) is 0 Å². The zero-order valence-corrected chi connectivity index (χ0v) is 14.4. The van der Waals surface area contributed by atoms with Gasteiger partial charge in [0.25, 0.3) is 5.91 Å². The Hall–Kier alpha value is -1.88. The lowest BCUT2D eigenvalue weighted by Crippen LogP contribution is -2.54. The van der Waals surface area contributed by atoms with Crippen LogP contribution in [0.25, 0.3) is 0 Å². The Morgan fingerprint density at radius 2 is 1.83 bits per heavy atom. The Bertz CT molecular complexity index is 580. The highest BCUT2D eigenvalue weighted by Gasteiger charge is 2.38. The topological polar surface area (TPSA) is 58.6 Å². The van der Waals surface area contributed by atoms with Gasteiger partial charge in [0.05, 0.1) is 0 Å². The molecular weight excluding hydrogens is 304 g/mol. The molecule has 1 aromatic rings. The predicted octanol–water partition coefficient (Wildman–Crippen LogP) is 2.08. The third-order valence-electron chi connectivity index (χ3n) is 5.11. The van der Waals surface area contributed by atoms with Gasteiger partial charge >= 0.3 is 5.97 Å². The number of hydrogen-bond donors (Lipinski definition) is 1. The fraction of sp³-hybridized carbons (Fsp3) is 0.579. The minimum atomic E-state index is -0.617. The van der Waals surface area contributed by atoms with Gasteiger partial charge in [-0.1, -0.05) is 32.0 Å². The zero-order chi connectivity index (χ0) is 17.1. The maximum atomic E-state index is 12.6. The van der Waals surface area contributed by atoms with Crippen molar-refractivity contribution in [3.8, 4) is 0 Å². The van der Waals surface area contributed by atoms with Crippen LogP contribution in [0.1, 0.15) is 37.0 Å². The van der Waals surface area contributed by atoms with E-state index >= 15 is 0 Å². The number of nitrogens with zero attached hydrogens (tertiary/aromatic N) is 1. The summed E-state index contributed by atoms with van der Waals surface area (Å²) in [5.41, 5.74) is 0.554. The number of carbonyl (C=O) groups excluding carboxylic acids is 2. The maximum Gasteiger partial charge on any atom is 0.329 e. The van der Waals surface area contributed by atoms with E-state index in [0.29, 0.717) is 11.5 Å². The largest absolute Gasteiger partial charge is 0.459 e. The second-order valence-electron chi connectivity index (χ2n) is 7.17. The predicted molar refractivity (Wildman–Crippen MR) is 91.6 cm³/mol. The highest BCUT2D eigenvalue weighted by Crippen LogP contribution is 2.30. The van der Waals surface area contributed by atoms with Crippen LogP contribution in [-0.2, 0) is 9.53 Å². The van der Waals surface area contributed by atoms with E-state index < -0.39 is 6.04 Å². The molecular formula is C19H26N2O3. The molecule has 1 N–H and O–H groups in total. The van der Waals surface area contributed by atoms with E-state index in [1.165, 1.54) is 0 Å². The third kappa shape index (κ3) is 3.78. The summed E-state index contributed by atoms with van der Waals surface area (Å²) in [7, 11) is 0. The van der Waals surface area contributed by atoms with E-state index in [-0.39, 0.29) is 23.9 Å². The molecule has 5 heteroatoms. The molecule has 2 atom stereocenters. The number of hydrogen-bond acceptors (Lipinski definition) is 4. The lowest BCUT2D eigenvalue weighted by molar-refractivity contribution is -0.162. The summed E-state index contributed by atoms with van der Waals surface area (Å²) < 4.78 is 5.79. The van der Waals surface area contributed by atoms with Crippen LogP contribution in [0.5, 0.6) is 0 Å². The van der Waals surface area contributed by atoms with Crippen LogP contribution < -0.4 is 5.32 Å². The van der Waals surface area contributed by atoms with E-state index in [2.05, 4.69) is 10.2 Å². The molecule has 0 saturated carbocycles. The van der Waals surface area contributed by atoms with Gasteiger partial charge in [0.2, 0.25) is 0 Å². The molecule has 0 aliphatic carbocycles. The van der Waals surface area contributed by atoms with Gasteiger partial charge in [-0.15, -0.1) is 0 Å². The van der Waals surface area contributed by atoms with Crippen LogP contribution in [-0.4, -0.2) is 48.6 Å². The molecule has 4 rings (SSSR count). The molecule has 2 bridgehead atoms. The first-order chi connectivity index (χ1) is 11.5. The molecule has 1 amide bonds. The average molecular weight is 330 g/mol. The Labute approximate surface area is 143 Å². The van der Waals surface area contributed by atoms with Crippen molar-refractivity contribution >= 4 is 11.9 Å². The Morgan fingerprint density at radius 1 is 1.17 bits per heavy atom. The molecule has 3 fully saturated rings. The average Bonchev–Trinajstić information content (AvgIpc) is 2.61. The van der Waals surface area contributed by atoms with E-state index in [4.69, 9.17) is 4.74 Å². The number of fused-ring (bicyclic) bond motifs is 3. The molecule has 3 saturated heterocycles. The van der Waals surface area contributed by atoms with Crippen molar-refractivity contribution in [3.63, 3.8) is 0 Å².